The van der Waals surface area contributed by atoms with Crippen LogP contribution < -0.4 is 21.9 Å². The molecule has 2 aromatic heterocycles. The zero-order chi connectivity index (χ0) is 19.8. The summed E-state index contributed by atoms with van der Waals surface area (Å²) in [5.74, 6) is 0.385. The number of hydrogen-bond donors (Lipinski definition) is 3. The first-order valence-corrected chi connectivity index (χ1v) is 10.2. The summed E-state index contributed by atoms with van der Waals surface area (Å²) >= 11 is 0. The molecule has 0 radical (unpaired) electrons. The minimum Gasteiger partial charge on any atom is -0.348 e. The fraction of sp³-hybridized carbons (Fsp3) is 0.600. The Morgan fingerprint density at radius 3 is 2.72 bits per heavy atom. The van der Waals surface area contributed by atoms with Gasteiger partial charge in [-0.3, -0.25) is 19.1 Å². The molecule has 0 aromatic carbocycles. The highest BCUT2D eigenvalue weighted by molar-refractivity contribution is 6.05. The van der Waals surface area contributed by atoms with Crippen LogP contribution in [0.4, 0.5) is 0 Å². The molecule has 8 nitrogen and oxygen atoms in total. The smallest absolute Gasteiger partial charge is 0.329 e. The minimum atomic E-state index is -0.554. The average Bonchev–Trinajstić information content (AvgIpc) is 3.51. The number of rotatable bonds is 5. The van der Waals surface area contributed by atoms with Crippen molar-refractivity contribution in [2.24, 2.45) is 5.92 Å². The van der Waals surface area contributed by atoms with Gasteiger partial charge in [0.05, 0.1) is 10.9 Å². The third kappa shape index (κ3) is 4.23. The summed E-state index contributed by atoms with van der Waals surface area (Å²) in [6.07, 6.45) is 3.75. The first-order valence-electron chi connectivity index (χ1n) is 10.2. The average molecular weight is 422 g/mol. The maximum Gasteiger partial charge on any atom is 0.329 e. The van der Waals surface area contributed by atoms with E-state index < -0.39 is 11.2 Å². The number of aromatic nitrogens is 3. The van der Waals surface area contributed by atoms with E-state index in [0.717, 1.165) is 37.9 Å². The molecule has 2 aliphatic rings. The van der Waals surface area contributed by atoms with Crippen LogP contribution in [0.25, 0.3) is 11.0 Å². The zero-order valence-electron chi connectivity index (χ0n) is 16.8. The molecule has 0 spiro atoms. The fourth-order valence-electron chi connectivity index (χ4n) is 3.92. The predicted molar refractivity (Wildman–Crippen MR) is 114 cm³/mol. The number of fused-ring (bicyclic) bond motifs is 1. The van der Waals surface area contributed by atoms with Gasteiger partial charge in [-0.05, 0) is 44.2 Å². The van der Waals surface area contributed by atoms with Gasteiger partial charge in [-0.25, -0.2) is 9.78 Å². The van der Waals surface area contributed by atoms with Gasteiger partial charge >= 0.3 is 5.69 Å². The normalized spacial score (nSPS) is 21.6. The van der Waals surface area contributed by atoms with Gasteiger partial charge in [-0.2, -0.15) is 0 Å². The predicted octanol–water partition coefficient (Wildman–Crippen LogP) is 1.52. The first-order chi connectivity index (χ1) is 13.5. The van der Waals surface area contributed by atoms with Gasteiger partial charge in [0.1, 0.15) is 0 Å². The van der Waals surface area contributed by atoms with Gasteiger partial charge in [0.25, 0.3) is 11.5 Å². The van der Waals surface area contributed by atoms with Crippen molar-refractivity contribution in [2.45, 2.75) is 58.0 Å². The second kappa shape index (κ2) is 8.67. The highest BCUT2D eigenvalue weighted by atomic mass is 35.5. The van der Waals surface area contributed by atoms with Crippen molar-refractivity contribution in [1.29, 1.82) is 0 Å². The third-order valence-electron chi connectivity index (χ3n) is 5.80. The molecule has 3 N–H and O–H groups in total. The SMILES string of the molecule is CCCn1c(=O)[nH]c(=O)c2c(C(=O)NC3CNCCC3C)cc(C3CC3)nc21.Cl. The molecule has 29 heavy (non-hydrogen) atoms. The van der Waals surface area contributed by atoms with E-state index in [0.29, 0.717) is 36.1 Å². The largest absolute Gasteiger partial charge is 0.348 e. The summed E-state index contributed by atoms with van der Waals surface area (Å²) in [6, 6.07) is 1.75. The van der Waals surface area contributed by atoms with Crippen LogP contribution in [0.1, 0.15) is 61.5 Å². The second-order valence-electron chi connectivity index (χ2n) is 8.03. The van der Waals surface area contributed by atoms with Crippen molar-refractivity contribution in [3.05, 3.63) is 38.2 Å². The molecular weight excluding hydrogens is 394 g/mol. The monoisotopic (exact) mass is 421 g/mol. The Morgan fingerprint density at radius 1 is 1.31 bits per heavy atom. The van der Waals surface area contributed by atoms with Crippen molar-refractivity contribution in [3.63, 3.8) is 0 Å². The maximum atomic E-state index is 13.2. The van der Waals surface area contributed by atoms with Gasteiger partial charge in [-0.1, -0.05) is 13.8 Å². The molecular formula is C20H28ClN5O3. The number of aromatic amines is 1. The molecule has 2 atom stereocenters. The van der Waals surface area contributed by atoms with Crippen LogP contribution in [0.3, 0.4) is 0 Å². The fourth-order valence-corrected chi connectivity index (χ4v) is 3.92. The summed E-state index contributed by atoms with van der Waals surface area (Å²) in [4.78, 5) is 45.1. The quantitative estimate of drug-likeness (QED) is 0.678. The van der Waals surface area contributed by atoms with Crippen molar-refractivity contribution in [3.8, 4) is 0 Å². The van der Waals surface area contributed by atoms with E-state index in [2.05, 4.69) is 27.5 Å². The van der Waals surface area contributed by atoms with E-state index >= 15 is 0 Å². The summed E-state index contributed by atoms with van der Waals surface area (Å²) in [5, 5.41) is 6.59. The van der Waals surface area contributed by atoms with Crippen LogP contribution in [0.15, 0.2) is 15.7 Å². The number of nitrogens with one attached hydrogen (secondary N) is 3. The summed E-state index contributed by atoms with van der Waals surface area (Å²) in [5.41, 5.74) is 0.400. The van der Waals surface area contributed by atoms with Crippen molar-refractivity contribution < 1.29 is 4.79 Å². The maximum absolute atomic E-state index is 13.2. The molecule has 158 valence electrons. The topological polar surface area (TPSA) is 109 Å². The van der Waals surface area contributed by atoms with Gasteiger partial charge in [0, 0.05) is 30.7 Å². The van der Waals surface area contributed by atoms with Crippen molar-refractivity contribution in [1.82, 2.24) is 25.2 Å². The Morgan fingerprint density at radius 2 is 2.07 bits per heavy atom. The van der Waals surface area contributed by atoms with Crippen LogP contribution >= 0.6 is 12.4 Å². The molecule has 2 unspecified atom stereocenters. The number of carbonyl (C=O) groups is 1. The lowest BCUT2D eigenvalue weighted by Gasteiger charge is -2.30. The number of halogens is 1. The number of amides is 1. The zero-order valence-corrected chi connectivity index (χ0v) is 17.6. The summed E-state index contributed by atoms with van der Waals surface area (Å²) < 4.78 is 1.48. The molecule has 1 amide bonds. The molecule has 9 heteroatoms. The minimum absolute atomic E-state index is 0. The molecule has 1 saturated carbocycles. The van der Waals surface area contributed by atoms with Gasteiger partial charge in [0.2, 0.25) is 0 Å². The molecule has 1 aliphatic carbocycles. The van der Waals surface area contributed by atoms with Crippen LogP contribution in [-0.2, 0) is 6.54 Å². The van der Waals surface area contributed by atoms with Gasteiger partial charge in [-0.15, -0.1) is 12.4 Å². The lowest BCUT2D eigenvalue weighted by Crippen LogP contribution is -2.50. The van der Waals surface area contributed by atoms with Crippen molar-refractivity contribution in [2.75, 3.05) is 13.1 Å². The molecule has 2 aromatic rings. The number of piperidine rings is 1. The number of aryl methyl sites for hydroxylation is 1. The van der Waals surface area contributed by atoms with E-state index in [4.69, 9.17) is 0 Å². The first kappa shape index (κ1) is 21.5. The Bertz CT molecular complexity index is 1030. The highest BCUT2D eigenvalue weighted by Crippen LogP contribution is 2.39. The standard InChI is InChI=1S/C20H27N5O3.ClH/c1-3-8-25-17-16(19(27)24-20(25)28)13(9-14(22-17)12-4-5-12)18(26)23-15-10-21-7-6-11(15)2;/h9,11-12,15,21H,3-8,10H2,1-2H3,(H,23,26)(H,24,27,28);1H. The Balaban J connectivity index is 0.00000240. The Labute approximate surface area is 174 Å². The van der Waals surface area contributed by atoms with Crippen LogP contribution in [0, 0.1) is 5.92 Å². The molecule has 1 saturated heterocycles. The van der Waals surface area contributed by atoms with E-state index in [1.54, 1.807) is 6.07 Å². The summed E-state index contributed by atoms with van der Waals surface area (Å²) in [6.45, 7) is 6.18. The molecule has 3 heterocycles. The molecule has 4 rings (SSSR count). The second-order valence-corrected chi connectivity index (χ2v) is 8.03. The Kier molecular flexibility index (Phi) is 6.43. The van der Waals surface area contributed by atoms with Crippen molar-refractivity contribution >= 4 is 29.3 Å². The number of H-pyrrole nitrogens is 1. The van der Waals surface area contributed by atoms with E-state index in [1.807, 2.05) is 6.92 Å². The molecule has 1 aliphatic heterocycles. The lowest BCUT2D eigenvalue weighted by atomic mass is 9.94. The molecule has 2 fully saturated rings. The van der Waals surface area contributed by atoms with E-state index in [-0.39, 0.29) is 29.7 Å². The molecule has 0 bridgehead atoms. The summed E-state index contributed by atoms with van der Waals surface area (Å²) in [7, 11) is 0. The van der Waals surface area contributed by atoms with Crippen LogP contribution in [0.2, 0.25) is 0 Å². The van der Waals surface area contributed by atoms with E-state index in [9.17, 15) is 14.4 Å². The third-order valence-corrected chi connectivity index (χ3v) is 5.80. The lowest BCUT2D eigenvalue weighted by molar-refractivity contribution is 0.0916. The number of pyridine rings is 1. The van der Waals surface area contributed by atoms with Crippen LogP contribution in [-0.4, -0.2) is 39.6 Å². The van der Waals surface area contributed by atoms with E-state index in [1.165, 1.54) is 4.57 Å². The van der Waals surface area contributed by atoms with Crippen LogP contribution in [0.5, 0.6) is 0 Å². The highest BCUT2D eigenvalue weighted by Gasteiger charge is 2.30. The Hall–Kier alpha value is -2.19. The van der Waals surface area contributed by atoms with Gasteiger partial charge < -0.3 is 10.6 Å². The number of hydrogen-bond acceptors (Lipinski definition) is 5. The van der Waals surface area contributed by atoms with Gasteiger partial charge in [0.15, 0.2) is 5.65 Å². The number of nitrogens with zero attached hydrogens (tertiary/aromatic N) is 2. The number of carbonyl (C=O) groups excluding carboxylic acids is 1.